The average Bonchev–Trinajstić information content (AvgIpc) is 4.13. The van der Waals surface area contributed by atoms with Crippen molar-refractivity contribution < 1.29 is 54.3 Å². The molecule has 3 heterocycles. The molecule has 0 bridgehead atoms. The molecule has 0 atom stereocenters. The molecule has 0 unspecified atom stereocenters. The van der Waals surface area contributed by atoms with E-state index >= 15 is 0 Å². The number of nitrogens with zero attached hydrogens (tertiary/aromatic N) is 3. The Kier molecular flexibility index (Phi) is 15.4. The van der Waals surface area contributed by atoms with E-state index in [1.54, 1.807) is 52.2 Å². The van der Waals surface area contributed by atoms with Crippen molar-refractivity contribution in [3.05, 3.63) is 218 Å². The molecular weight excluding hydrogens is 1000 g/mol. The number of para-hydroxylation sites is 3. The Morgan fingerprint density at radius 1 is 0.265 bits per heavy atom. The third-order valence-corrected chi connectivity index (χ3v) is 14.1. The molecule has 0 saturated carbocycles. The van der Waals surface area contributed by atoms with Crippen LogP contribution in [0, 0.1) is 0 Å². The second-order valence-electron chi connectivity index (χ2n) is 15.3. The van der Waals surface area contributed by atoms with Gasteiger partial charge in [-0.25, -0.2) is 15.0 Å². The number of aromatic nitrogens is 3. The summed E-state index contributed by atoms with van der Waals surface area (Å²) in [7, 11) is 0. The van der Waals surface area contributed by atoms with E-state index in [0.29, 0.717) is 0 Å². The maximum atomic E-state index is 10.2. The molecular formula is C57H39N3O3S3Zn2. The van der Waals surface area contributed by atoms with Gasteiger partial charge >= 0.3 is 0 Å². The molecule has 12 aromatic rings. The Labute approximate surface area is 431 Å². The van der Waals surface area contributed by atoms with Crippen molar-refractivity contribution in [3.63, 3.8) is 0 Å². The van der Waals surface area contributed by atoms with E-state index in [-0.39, 0.29) is 56.2 Å². The predicted molar refractivity (Wildman–Crippen MR) is 276 cm³/mol. The van der Waals surface area contributed by atoms with Gasteiger partial charge in [0.15, 0.2) is 0 Å². The van der Waals surface area contributed by atoms with Gasteiger partial charge in [-0.2, -0.15) is 0 Å². The third-order valence-electron chi connectivity index (χ3n) is 10.9. The Hall–Kier alpha value is -6.70. The zero-order valence-corrected chi connectivity index (χ0v) is 45.0. The van der Waals surface area contributed by atoms with Crippen LogP contribution in [0.3, 0.4) is 0 Å². The smallest absolute Gasteiger partial charge is 0.128 e. The van der Waals surface area contributed by atoms with Crippen LogP contribution in [0.5, 0.6) is 17.2 Å². The van der Waals surface area contributed by atoms with Crippen LogP contribution in [0.2, 0.25) is 0 Å². The fraction of sp³-hybridized carbons (Fsp3) is 0. The number of phenolic OH excluding ortho intramolecular Hbond substituents is 3. The number of phenols is 3. The zero-order chi connectivity index (χ0) is 44.8. The van der Waals surface area contributed by atoms with Crippen LogP contribution in [0.4, 0.5) is 0 Å². The molecule has 6 nitrogen and oxygen atoms in total. The van der Waals surface area contributed by atoms with Crippen LogP contribution in [0.1, 0.15) is 0 Å². The van der Waals surface area contributed by atoms with E-state index in [1.807, 2.05) is 146 Å². The summed E-state index contributed by atoms with van der Waals surface area (Å²) < 4.78 is 3.38. The van der Waals surface area contributed by atoms with Gasteiger partial charge < -0.3 is 15.3 Å². The van der Waals surface area contributed by atoms with Gasteiger partial charge in [0.25, 0.3) is 0 Å². The van der Waals surface area contributed by atoms with Gasteiger partial charge in [-0.15, -0.1) is 34.0 Å². The first-order valence-corrected chi connectivity index (χ1v) is 23.6. The van der Waals surface area contributed by atoms with Crippen molar-refractivity contribution >= 4 is 64.7 Å². The van der Waals surface area contributed by atoms with E-state index in [2.05, 4.69) is 69.5 Å². The predicted octanol–water partition coefficient (Wildman–Crippen LogP) is 16.0. The average molecular weight is 1040 g/mol. The summed E-state index contributed by atoms with van der Waals surface area (Å²) >= 11 is 4.79. The summed E-state index contributed by atoms with van der Waals surface area (Å²) in [5, 5.41) is 33.2. The van der Waals surface area contributed by atoms with E-state index in [4.69, 9.17) is 0 Å². The van der Waals surface area contributed by atoms with Crippen LogP contribution >= 0.6 is 34.0 Å². The molecule has 0 saturated heterocycles. The van der Waals surface area contributed by atoms with Gasteiger partial charge in [-0.1, -0.05) is 146 Å². The third kappa shape index (κ3) is 10.7. The Morgan fingerprint density at radius 2 is 0.515 bits per heavy atom. The fourth-order valence-electron chi connectivity index (χ4n) is 7.51. The maximum Gasteiger partial charge on any atom is 0.128 e. The number of fused-ring (bicyclic) bond motifs is 3. The molecule has 0 amide bonds. The van der Waals surface area contributed by atoms with Crippen LogP contribution in [-0.2, 0) is 39.0 Å². The first-order chi connectivity index (χ1) is 32.4. The fourth-order valence-corrected chi connectivity index (χ4v) is 10.5. The van der Waals surface area contributed by atoms with Gasteiger partial charge in [-0.3, -0.25) is 0 Å². The van der Waals surface area contributed by atoms with E-state index in [1.165, 1.54) is 0 Å². The van der Waals surface area contributed by atoms with Crippen molar-refractivity contribution in [2.75, 3.05) is 0 Å². The number of hydrogen-bond donors (Lipinski definition) is 3. The summed E-state index contributed by atoms with van der Waals surface area (Å²) in [5.41, 5.74) is 11.9. The van der Waals surface area contributed by atoms with E-state index < -0.39 is 0 Å². The van der Waals surface area contributed by atoms with Gasteiger partial charge in [-0.05, 0) is 106 Å². The van der Waals surface area contributed by atoms with Crippen LogP contribution in [0.25, 0.3) is 95.7 Å². The minimum Gasteiger partial charge on any atom is -0.507 e. The van der Waals surface area contributed by atoms with Gasteiger partial charge in [0.2, 0.25) is 0 Å². The molecule has 0 aliphatic heterocycles. The number of aromatic hydroxyl groups is 3. The molecule has 11 heteroatoms. The SMILES string of the molecule is Oc1ccc(-c2ccccc2)cc1-c1nc2ccccc2s1.Oc1ccc(-c2ccccc2)cc1-c1nc2ccccc2s1.Oc1ccc(-c2ccccc2)cc1-c1nc2ccccc2s1.[Zn].[Zn]. The quantitative estimate of drug-likeness (QED) is 0.144. The van der Waals surface area contributed by atoms with Crippen LogP contribution in [-0.4, -0.2) is 30.3 Å². The summed E-state index contributed by atoms with van der Waals surface area (Å²) in [5.74, 6) is 0.788. The molecule has 0 aliphatic rings. The zero-order valence-electron chi connectivity index (χ0n) is 36.6. The number of thiazole rings is 3. The monoisotopic (exact) mass is 1040 g/mol. The minimum absolute atomic E-state index is 0. The minimum atomic E-state index is 0. The van der Waals surface area contributed by atoms with Crippen molar-refractivity contribution in [2.45, 2.75) is 0 Å². The molecule has 68 heavy (non-hydrogen) atoms. The second-order valence-corrected chi connectivity index (χ2v) is 18.3. The molecule has 12 rings (SSSR count). The maximum absolute atomic E-state index is 10.2. The molecule has 0 radical (unpaired) electrons. The van der Waals surface area contributed by atoms with Gasteiger partial charge in [0, 0.05) is 39.0 Å². The van der Waals surface area contributed by atoms with Crippen LogP contribution in [0.15, 0.2) is 218 Å². The summed E-state index contributed by atoms with van der Waals surface area (Å²) in [6.45, 7) is 0. The molecule has 0 fully saturated rings. The molecule has 0 aliphatic carbocycles. The standard InChI is InChI=1S/3C19H13NOS.2Zn/c3*21-17-11-10-14(13-6-2-1-3-7-13)12-15(17)19-20-16-8-4-5-9-18(16)22-19;;/h3*1-12,21H;;. The summed E-state index contributed by atoms with van der Waals surface area (Å²) in [4.78, 5) is 13.9. The Balaban J connectivity index is 0.000000136. The van der Waals surface area contributed by atoms with Crippen molar-refractivity contribution in [1.29, 1.82) is 0 Å². The first kappa shape index (κ1) is 47.8. The van der Waals surface area contributed by atoms with Crippen LogP contribution < -0.4 is 0 Å². The first-order valence-electron chi connectivity index (χ1n) is 21.2. The molecule has 322 valence electrons. The molecule has 3 N–H and O–H groups in total. The van der Waals surface area contributed by atoms with E-state index in [0.717, 1.165) is 95.7 Å². The van der Waals surface area contributed by atoms with Crippen molar-refractivity contribution in [3.8, 4) is 82.3 Å². The van der Waals surface area contributed by atoms with Crippen molar-refractivity contribution in [1.82, 2.24) is 15.0 Å². The summed E-state index contributed by atoms with van der Waals surface area (Å²) in [6.07, 6.45) is 0. The number of rotatable bonds is 6. The topological polar surface area (TPSA) is 99.4 Å². The van der Waals surface area contributed by atoms with Gasteiger partial charge in [0.05, 0.1) is 47.3 Å². The Morgan fingerprint density at radius 3 is 0.779 bits per heavy atom. The summed E-state index contributed by atoms with van der Waals surface area (Å²) in [6, 6.07) is 71.6. The van der Waals surface area contributed by atoms with Crippen molar-refractivity contribution in [2.24, 2.45) is 0 Å². The normalized spacial score (nSPS) is 10.6. The molecule has 3 aromatic heterocycles. The van der Waals surface area contributed by atoms with Gasteiger partial charge in [0.1, 0.15) is 32.3 Å². The van der Waals surface area contributed by atoms with E-state index in [9.17, 15) is 15.3 Å². The Bertz CT molecular complexity index is 3120. The molecule has 9 aromatic carbocycles. The number of hydrogen-bond acceptors (Lipinski definition) is 9. The number of benzene rings is 9. The second kappa shape index (κ2) is 21.9. The molecule has 0 spiro atoms. The largest absolute Gasteiger partial charge is 0.507 e.